The average Bonchev–Trinajstić information content (AvgIpc) is 2.28. The molecular weight excluding hydrogens is 291 g/mol. The molecule has 1 atom stereocenters. The Morgan fingerprint density at radius 1 is 1.32 bits per heavy atom. The number of rotatable bonds is 7. The second kappa shape index (κ2) is 7.22. The van der Waals surface area contributed by atoms with Gasteiger partial charge >= 0.3 is 0 Å². The van der Waals surface area contributed by atoms with Crippen LogP contribution in [0.5, 0.6) is 0 Å². The standard InChI is InChI=1S/C13H18ClFO3S/c1-10(2)12(9-19(14,16)17)8-18-7-11-5-3-4-6-13(11)15/h3-6,10,12H,7-9H2,1-2H3. The zero-order valence-corrected chi connectivity index (χ0v) is 12.5. The van der Waals surface area contributed by atoms with Crippen LogP contribution in [-0.4, -0.2) is 20.8 Å². The van der Waals surface area contributed by atoms with Crippen LogP contribution in [0.25, 0.3) is 0 Å². The molecule has 108 valence electrons. The summed E-state index contributed by atoms with van der Waals surface area (Å²) in [4.78, 5) is 0. The number of hydrogen-bond donors (Lipinski definition) is 0. The van der Waals surface area contributed by atoms with E-state index in [0.29, 0.717) is 5.56 Å². The van der Waals surface area contributed by atoms with Crippen molar-refractivity contribution in [3.8, 4) is 0 Å². The number of halogens is 2. The first-order chi connectivity index (χ1) is 8.79. The summed E-state index contributed by atoms with van der Waals surface area (Å²) in [5.41, 5.74) is 0.457. The molecule has 0 fully saturated rings. The Balaban J connectivity index is 2.52. The Morgan fingerprint density at radius 2 is 1.95 bits per heavy atom. The SMILES string of the molecule is CC(C)C(COCc1ccccc1F)CS(=O)(=O)Cl. The van der Waals surface area contributed by atoms with Gasteiger partial charge in [0, 0.05) is 16.2 Å². The normalized spacial score (nSPS) is 13.7. The fourth-order valence-electron chi connectivity index (χ4n) is 1.62. The molecule has 3 nitrogen and oxygen atoms in total. The Hall–Kier alpha value is -0.650. The lowest BCUT2D eigenvalue weighted by Gasteiger charge is -2.19. The molecule has 0 spiro atoms. The molecule has 1 aromatic rings. The predicted molar refractivity (Wildman–Crippen MR) is 74.0 cm³/mol. The van der Waals surface area contributed by atoms with Gasteiger partial charge in [-0.15, -0.1) is 0 Å². The molecule has 0 saturated heterocycles. The van der Waals surface area contributed by atoms with E-state index in [1.165, 1.54) is 6.07 Å². The summed E-state index contributed by atoms with van der Waals surface area (Å²) in [7, 11) is 1.70. The maximum atomic E-state index is 13.3. The van der Waals surface area contributed by atoms with Crippen molar-refractivity contribution in [2.24, 2.45) is 11.8 Å². The first-order valence-corrected chi connectivity index (χ1v) is 8.51. The zero-order valence-electron chi connectivity index (χ0n) is 11.0. The lowest BCUT2D eigenvalue weighted by Crippen LogP contribution is -2.23. The number of hydrogen-bond acceptors (Lipinski definition) is 3. The maximum Gasteiger partial charge on any atom is 0.232 e. The molecule has 0 saturated carbocycles. The van der Waals surface area contributed by atoms with Crippen LogP contribution in [0.15, 0.2) is 24.3 Å². The highest BCUT2D eigenvalue weighted by Gasteiger charge is 2.20. The molecule has 0 aromatic heterocycles. The van der Waals surface area contributed by atoms with Crippen LogP contribution < -0.4 is 0 Å². The molecule has 0 heterocycles. The molecule has 0 aliphatic heterocycles. The fourth-order valence-corrected chi connectivity index (χ4v) is 3.10. The van der Waals surface area contributed by atoms with Gasteiger partial charge < -0.3 is 4.74 Å². The molecular formula is C13H18ClFO3S. The zero-order chi connectivity index (χ0) is 14.5. The first-order valence-electron chi connectivity index (χ1n) is 6.03. The quantitative estimate of drug-likeness (QED) is 0.727. The third kappa shape index (κ3) is 6.36. The van der Waals surface area contributed by atoms with Crippen LogP contribution in [0.4, 0.5) is 4.39 Å². The van der Waals surface area contributed by atoms with Crippen LogP contribution in [-0.2, 0) is 20.4 Å². The smallest absolute Gasteiger partial charge is 0.232 e. The van der Waals surface area contributed by atoms with Crippen molar-refractivity contribution >= 4 is 19.7 Å². The molecule has 19 heavy (non-hydrogen) atoms. The molecule has 0 aliphatic carbocycles. The minimum Gasteiger partial charge on any atom is -0.376 e. The van der Waals surface area contributed by atoms with Crippen LogP contribution in [0.2, 0.25) is 0 Å². The highest BCUT2D eigenvalue weighted by Crippen LogP contribution is 2.17. The summed E-state index contributed by atoms with van der Waals surface area (Å²) in [5, 5.41) is 0. The summed E-state index contributed by atoms with van der Waals surface area (Å²) in [6.45, 7) is 4.16. The van der Waals surface area contributed by atoms with Crippen molar-refractivity contribution in [3.63, 3.8) is 0 Å². The third-order valence-corrected chi connectivity index (χ3v) is 4.11. The van der Waals surface area contributed by atoms with E-state index in [4.69, 9.17) is 15.4 Å². The molecule has 0 N–H and O–H groups in total. The predicted octanol–water partition coefficient (Wildman–Crippen LogP) is 3.18. The largest absolute Gasteiger partial charge is 0.376 e. The Morgan fingerprint density at radius 3 is 2.47 bits per heavy atom. The van der Waals surface area contributed by atoms with Gasteiger partial charge in [-0.25, -0.2) is 12.8 Å². The van der Waals surface area contributed by atoms with Crippen molar-refractivity contribution in [1.82, 2.24) is 0 Å². The Labute approximate surface area is 118 Å². The van der Waals surface area contributed by atoms with E-state index in [9.17, 15) is 12.8 Å². The van der Waals surface area contributed by atoms with E-state index in [2.05, 4.69) is 0 Å². The van der Waals surface area contributed by atoms with E-state index < -0.39 is 9.05 Å². The van der Waals surface area contributed by atoms with Gasteiger partial charge in [-0.2, -0.15) is 0 Å². The van der Waals surface area contributed by atoms with Crippen LogP contribution in [0.1, 0.15) is 19.4 Å². The Bertz CT molecular complexity index is 502. The van der Waals surface area contributed by atoms with E-state index >= 15 is 0 Å². The summed E-state index contributed by atoms with van der Waals surface area (Å²) in [6, 6.07) is 6.33. The first kappa shape index (κ1) is 16.4. The van der Waals surface area contributed by atoms with Crippen LogP contribution in [0, 0.1) is 17.7 Å². The minimum absolute atomic E-state index is 0.120. The summed E-state index contributed by atoms with van der Waals surface area (Å²) >= 11 is 0. The van der Waals surface area contributed by atoms with Crippen molar-refractivity contribution in [3.05, 3.63) is 35.6 Å². The van der Waals surface area contributed by atoms with Crippen molar-refractivity contribution < 1.29 is 17.5 Å². The van der Waals surface area contributed by atoms with Gasteiger partial charge in [0.1, 0.15) is 5.82 Å². The highest BCUT2D eigenvalue weighted by molar-refractivity contribution is 8.13. The monoisotopic (exact) mass is 308 g/mol. The van der Waals surface area contributed by atoms with E-state index in [-0.39, 0.29) is 36.6 Å². The number of ether oxygens (including phenoxy) is 1. The molecule has 1 rings (SSSR count). The lowest BCUT2D eigenvalue weighted by molar-refractivity contribution is 0.0774. The van der Waals surface area contributed by atoms with Gasteiger partial charge in [-0.05, 0) is 17.9 Å². The average molecular weight is 309 g/mol. The molecule has 0 bridgehead atoms. The number of benzene rings is 1. The third-order valence-electron chi connectivity index (χ3n) is 2.90. The van der Waals surface area contributed by atoms with Gasteiger partial charge in [0.2, 0.25) is 9.05 Å². The van der Waals surface area contributed by atoms with Gasteiger partial charge in [0.25, 0.3) is 0 Å². The summed E-state index contributed by atoms with van der Waals surface area (Å²) in [5.74, 6) is -0.541. The van der Waals surface area contributed by atoms with Crippen LogP contribution in [0.3, 0.4) is 0 Å². The van der Waals surface area contributed by atoms with E-state index in [0.717, 1.165) is 0 Å². The van der Waals surface area contributed by atoms with E-state index in [1.807, 2.05) is 13.8 Å². The van der Waals surface area contributed by atoms with Gasteiger partial charge in [-0.3, -0.25) is 0 Å². The second-order valence-electron chi connectivity index (χ2n) is 4.82. The van der Waals surface area contributed by atoms with Crippen molar-refractivity contribution in [1.29, 1.82) is 0 Å². The van der Waals surface area contributed by atoms with Crippen LogP contribution >= 0.6 is 10.7 Å². The molecule has 6 heteroatoms. The molecule has 0 aliphatic rings. The lowest BCUT2D eigenvalue weighted by atomic mass is 9.99. The molecule has 0 amide bonds. The van der Waals surface area contributed by atoms with Crippen molar-refractivity contribution in [2.45, 2.75) is 20.5 Å². The van der Waals surface area contributed by atoms with Gasteiger partial charge in [0.15, 0.2) is 0 Å². The topological polar surface area (TPSA) is 43.4 Å². The fraction of sp³-hybridized carbons (Fsp3) is 0.538. The maximum absolute atomic E-state index is 13.3. The van der Waals surface area contributed by atoms with E-state index in [1.54, 1.807) is 18.2 Å². The molecule has 1 unspecified atom stereocenters. The summed E-state index contributed by atoms with van der Waals surface area (Å²) < 4.78 is 40.9. The Kier molecular flexibility index (Phi) is 6.23. The van der Waals surface area contributed by atoms with Gasteiger partial charge in [-0.1, -0.05) is 32.0 Å². The molecule has 0 radical (unpaired) electrons. The summed E-state index contributed by atoms with van der Waals surface area (Å²) in [6.07, 6.45) is 0. The second-order valence-corrected chi connectivity index (χ2v) is 7.64. The minimum atomic E-state index is -3.55. The van der Waals surface area contributed by atoms with Crippen molar-refractivity contribution in [2.75, 3.05) is 12.4 Å². The van der Waals surface area contributed by atoms with Gasteiger partial charge in [0.05, 0.1) is 19.0 Å². The molecule has 1 aromatic carbocycles. The highest BCUT2D eigenvalue weighted by atomic mass is 35.7.